The third-order valence-electron chi connectivity index (χ3n) is 1.78. The molecular weight excluding hydrogens is 198 g/mol. The second-order valence-electron chi connectivity index (χ2n) is 2.88. The van der Waals surface area contributed by atoms with Gasteiger partial charge < -0.3 is 15.4 Å². The Kier molecular flexibility index (Phi) is 3.61. The summed E-state index contributed by atoms with van der Waals surface area (Å²) in [5.41, 5.74) is 0.645. The van der Waals surface area contributed by atoms with Gasteiger partial charge in [-0.1, -0.05) is 6.58 Å². The first-order chi connectivity index (χ1) is 7.13. The smallest absolute Gasteiger partial charge is 0.326 e. The number of carbonyl (C=O) groups is 2. The van der Waals surface area contributed by atoms with E-state index in [1.807, 2.05) is 0 Å². The molecule has 0 aliphatic heterocycles. The van der Waals surface area contributed by atoms with E-state index in [1.165, 1.54) is 12.5 Å². The van der Waals surface area contributed by atoms with Gasteiger partial charge in [-0.25, -0.2) is 9.78 Å². The van der Waals surface area contributed by atoms with Gasteiger partial charge in [-0.2, -0.15) is 0 Å². The summed E-state index contributed by atoms with van der Waals surface area (Å²) in [4.78, 5) is 28.2. The van der Waals surface area contributed by atoms with E-state index in [0.717, 1.165) is 6.08 Å². The Morgan fingerprint density at radius 3 is 2.93 bits per heavy atom. The number of H-pyrrole nitrogens is 1. The molecule has 1 amide bonds. The van der Waals surface area contributed by atoms with Crippen molar-refractivity contribution in [3.05, 3.63) is 30.9 Å². The molecule has 0 fully saturated rings. The fourth-order valence-corrected chi connectivity index (χ4v) is 1.05. The van der Waals surface area contributed by atoms with Crippen LogP contribution in [0.15, 0.2) is 25.2 Å². The molecule has 1 atom stereocenters. The summed E-state index contributed by atoms with van der Waals surface area (Å²) >= 11 is 0. The standard InChI is InChI=1S/C9H11N3O3/c1-2-8(13)12-7(9(14)15)3-6-4-10-5-11-6/h2,4-5,7H,1,3H2,(H,10,11)(H,12,13)(H,14,15). The summed E-state index contributed by atoms with van der Waals surface area (Å²) < 4.78 is 0. The number of carboxylic acid groups (broad SMARTS) is 1. The molecule has 0 radical (unpaired) electrons. The third kappa shape index (κ3) is 3.26. The minimum Gasteiger partial charge on any atom is -0.480 e. The van der Waals surface area contributed by atoms with Crippen molar-refractivity contribution < 1.29 is 14.7 Å². The zero-order valence-corrected chi connectivity index (χ0v) is 7.93. The van der Waals surface area contributed by atoms with Crippen molar-refractivity contribution in [3.8, 4) is 0 Å². The lowest BCUT2D eigenvalue weighted by molar-refractivity contribution is -0.141. The normalized spacial score (nSPS) is 11.7. The number of rotatable bonds is 5. The van der Waals surface area contributed by atoms with Crippen LogP contribution in [0.2, 0.25) is 0 Å². The van der Waals surface area contributed by atoms with E-state index in [2.05, 4.69) is 21.9 Å². The summed E-state index contributed by atoms with van der Waals surface area (Å²) in [6, 6.07) is -0.976. The van der Waals surface area contributed by atoms with Crippen molar-refractivity contribution in [2.45, 2.75) is 12.5 Å². The lowest BCUT2D eigenvalue weighted by Gasteiger charge is -2.11. The molecule has 0 aliphatic carbocycles. The van der Waals surface area contributed by atoms with Crippen LogP contribution in [0.3, 0.4) is 0 Å². The van der Waals surface area contributed by atoms with Crippen LogP contribution < -0.4 is 5.32 Å². The summed E-state index contributed by atoms with van der Waals surface area (Å²) in [5, 5.41) is 11.1. The predicted octanol–water partition coefficient (Wildman–Crippen LogP) is -0.292. The largest absolute Gasteiger partial charge is 0.480 e. The minimum atomic E-state index is -1.10. The molecule has 1 aromatic rings. The molecule has 0 spiro atoms. The number of hydrogen-bond acceptors (Lipinski definition) is 3. The molecule has 0 saturated heterocycles. The number of nitrogens with zero attached hydrogens (tertiary/aromatic N) is 1. The predicted molar refractivity (Wildman–Crippen MR) is 52.1 cm³/mol. The Morgan fingerprint density at radius 1 is 1.73 bits per heavy atom. The summed E-state index contributed by atoms with van der Waals surface area (Å²) in [5.74, 6) is -1.61. The molecule has 80 valence electrons. The molecule has 15 heavy (non-hydrogen) atoms. The Labute approximate surface area is 86.0 Å². The van der Waals surface area contributed by atoms with Gasteiger partial charge in [-0.3, -0.25) is 4.79 Å². The third-order valence-corrected chi connectivity index (χ3v) is 1.78. The van der Waals surface area contributed by atoms with Crippen molar-refractivity contribution in [2.24, 2.45) is 0 Å². The first-order valence-corrected chi connectivity index (χ1v) is 4.26. The molecule has 1 aromatic heterocycles. The molecule has 0 aromatic carbocycles. The van der Waals surface area contributed by atoms with Crippen LogP contribution in [-0.2, 0) is 16.0 Å². The fraction of sp³-hybridized carbons (Fsp3) is 0.222. The highest BCUT2D eigenvalue weighted by Gasteiger charge is 2.19. The highest BCUT2D eigenvalue weighted by molar-refractivity contribution is 5.90. The van der Waals surface area contributed by atoms with Gasteiger partial charge in [0.25, 0.3) is 0 Å². The van der Waals surface area contributed by atoms with Crippen LogP contribution in [0.5, 0.6) is 0 Å². The van der Waals surface area contributed by atoms with E-state index >= 15 is 0 Å². The van der Waals surface area contributed by atoms with Crippen LogP contribution in [-0.4, -0.2) is 33.0 Å². The van der Waals surface area contributed by atoms with Crippen LogP contribution in [0.1, 0.15) is 5.69 Å². The monoisotopic (exact) mass is 209 g/mol. The highest BCUT2D eigenvalue weighted by atomic mass is 16.4. The number of carbonyl (C=O) groups excluding carboxylic acids is 1. The van der Waals surface area contributed by atoms with Gasteiger partial charge in [0, 0.05) is 18.3 Å². The van der Waals surface area contributed by atoms with Gasteiger partial charge in [0.05, 0.1) is 6.33 Å². The maximum absolute atomic E-state index is 10.9. The van der Waals surface area contributed by atoms with E-state index in [1.54, 1.807) is 0 Å². The van der Waals surface area contributed by atoms with Crippen molar-refractivity contribution in [1.82, 2.24) is 15.3 Å². The zero-order chi connectivity index (χ0) is 11.3. The van der Waals surface area contributed by atoms with E-state index in [9.17, 15) is 9.59 Å². The quantitative estimate of drug-likeness (QED) is 0.580. The molecule has 1 unspecified atom stereocenters. The number of aromatic amines is 1. The average molecular weight is 209 g/mol. The second kappa shape index (κ2) is 4.94. The van der Waals surface area contributed by atoms with Gasteiger partial charge >= 0.3 is 5.97 Å². The number of aromatic nitrogens is 2. The number of nitrogens with one attached hydrogen (secondary N) is 2. The molecule has 0 saturated carbocycles. The summed E-state index contributed by atoms with van der Waals surface area (Å²) in [6.45, 7) is 3.24. The number of imidazole rings is 1. The van der Waals surface area contributed by atoms with Crippen LogP contribution in [0.4, 0.5) is 0 Å². The summed E-state index contributed by atoms with van der Waals surface area (Å²) in [6.07, 6.45) is 4.15. The van der Waals surface area contributed by atoms with Crippen LogP contribution in [0, 0.1) is 0 Å². The topological polar surface area (TPSA) is 95.1 Å². The van der Waals surface area contributed by atoms with Gasteiger partial charge in [0.15, 0.2) is 0 Å². The molecule has 1 rings (SSSR count). The number of amides is 1. The Bertz CT molecular complexity index is 359. The molecule has 1 heterocycles. The lowest BCUT2D eigenvalue weighted by Crippen LogP contribution is -2.41. The zero-order valence-electron chi connectivity index (χ0n) is 7.93. The van der Waals surface area contributed by atoms with E-state index in [4.69, 9.17) is 5.11 Å². The first kappa shape index (κ1) is 11.0. The Morgan fingerprint density at radius 2 is 2.47 bits per heavy atom. The lowest BCUT2D eigenvalue weighted by atomic mass is 10.1. The van der Waals surface area contributed by atoms with E-state index < -0.39 is 17.9 Å². The van der Waals surface area contributed by atoms with Crippen molar-refractivity contribution in [1.29, 1.82) is 0 Å². The van der Waals surface area contributed by atoms with Crippen LogP contribution in [0.25, 0.3) is 0 Å². The maximum atomic E-state index is 10.9. The number of aliphatic carboxylic acids is 1. The Hall–Kier alpha value is -2.11. The molecule has 3 N–H and O–H groups in total. The number of hydrogen-bond donors (Lipinski definition) is 3. The van der Waals surface area contributed by atoms with Gasteiger partial charge in [0.1, 0.15) is 6.04 Å². The first-order valence-electron chi connectivity index (χ1n) is 4.26. The molecular formula is C9H11N3O3. The minimum absolute atomic E-state index is 0.162. The number of carboxylic acids is 1. The van der Waals surface area contributed by atoms with Crippen molar-refractivity contribution >= 4 is 11.9 Å². The SMILES string of the molecule is C=CC(=O)NC(Cc1cnc[nH]1)C(=O)O. The van der Waals surface area contributed by atoms with Crippen molar-refractivity contribution in [3.63, 3.8) is 0 Å². The van der Waals surface area contributed by atoms with E-state index in [-0.39, 0.29) is 6.42 Å². The highest BCUT2D eigenvalue weighted by Crippen LogP contribution is 1.98. The Balaban J connectivity index is 2.62. The molecule has 0 aliphatic rings. The van der Waals surface area contributed by atoms with Gasteiger partial charge in [0.2, 0.25) is 5.91 Å². The average Bonchev–Trinajstić information content (AvgIpc) is 2.69. The second-order valence-corrected chi connectivity index (χ2v) is 2.88. The van der Waals surface area contributed by atoms with Crippen molar-refractivity contribution in [2.75, 3.05) is 0 Å². The molecule has 6 nitrogen and oxygen atoms in total. The maximum Gasteiger partial charge on any atom is 0.326 e. The fourth-order valence-electron chi connectivity index (χ4n) is 1.05. The van der Waals surface area contributed by atoms with Crippen LogP contribution >= 0.6 is 0 Å². The summed E-state index contributed by atoms with van der Waals surface area (Å²) in [7, 11) is 0. The van der Waals surface area contributed by atoms with Gasteiger partial charge in [-0.05, 0) is 6.08 Å². The molecule has 6 heteroatoms. The molecule has 0 bridgehead atoms. The van der Waals surface area contributed by atoms with Gasteiger partial charge in [-0.15, -0.1) is 0 Å². The van der Waals surface area contributed by atoms with E-state index in [0.29, 0.717) is 5.69 Å².